The second-order valence-electron chi connectivity index (χ2n) is 6.10. The molecule has 0 saturated carbocycles. The van der Waals surface area contributed by atoms with Crippen molar-refractivity contribution in [3.8, 4) is 6.07 Å². The molecule has 0 radical (unpaired) electrons. The van der Waals surface area contributed by atoms with E-state index in [1.54, 1.807) is 12.1 Å². The highest BCUT2D eigenvalue weighted by Gasteiger charge is 2.16. The number of benzene rings is 2. The first-order valence-corrected chi connectivity index (χ1v) is 8.46. The molecule has 0 unspecified atom stereocenters. The lowest BCUT2D eigenvalue weighted by Gasteiger charge is -2.23. The largest absolute Gasteiger partial charge is 0.381 e. The highest BCUT2D eigenvalue weighted by Crippen LogP contribution is 2.13. The predicted octanol–water partition coefficient (Wildman–Crippen LogP) is 3.08. The van der Waals surface area contributed by atoms with E-state index in [4.69, 9.17) is 10.00 Å². The van der Waals surface area contributed by atoms with Gasteiger partial charge in [0.1, 0.15) is 0 Å². The maximum absolute atomic E-state index is 12.3. The van der Waals surface area contributed by atoms with Gasteiger partial charge in [-0.3, -0.25) is 4.79 Å². The van der Waals surface area contributed by atoms with Crippen molar-refractivity contribution in [1.82, 2.24) is 5.32 Å². The molecular weight excluding hydrogens is 314 g/mol. The number of ether oxygens (including phenoxy) is 1. The van der Waals surface area contributed by atoms with E-state index < -0.39 is 0 Å². The fourth-order valence-corrected chi connectivity index (χ4v) is 2.75. The Morgan fingerprint density at radius 3 is 2.40 bits per heavy atom. The quantitative estimate of drug-likeness (QED) is 0.880. The van der Waals surface area contributed by atoms with Crippen molar-refractivity contribution in [2.45, 2.75) is 25.4 Å². The van der Waals surface area contributed by atoms with E-state index in [0.29, 0.717) is 30.9 Å². The van der Waals surface area contributed by atoms with Gasteiger partial charge >= 0.3 is 0 Å². The molecule has 0 bridgehead atoms. The third kappa shape index (κ3) is 4.82. The third-order valence-corrected chi connectivity index (χ3v) is 4.28. The first-order chi connectivity index (χ1) is 12.2. The van der Waals surface area contributed by atoms with Gasteiger partial charge in [0, 0.05) is 37.1 Å². The molecule has 0 spiro atoms. The molecule has 0 aromatic heterocycles. The zero-order valence-corrected chi connectivity index (χ0v) is 14.0. The molecule has 0 atom stereocenters. The summed E-state index contributed by atoms with van der Waals surface area (Å²) in [4.78, 5) is 12.3. The summed E-state index contributed by atoms with van der Waals surface area (Å²) >= 11 is 0. The summed E-state index contributed by atoms with van der Waals surface area (Å²) in [6.07, 6.45) is 1.74. The number of anilines is 1. The molecule has 128 valence electrons. The van der Waals surface area contributed by atoms with Crippen LogP contribution in [-0.2, 0) is 11.3 Å². The zero-order chi connectivity index (χ0) is 17.5. The van der Waals surface area contributed by atoms with Crippen molar-refractivity contribution in [1.29, 1.82) is 5.26 Å². The van der Waals surface area contributed by atoms with Gasteiger partial charge in [0.25, 0.3) is 5.91 Å². The molecule has 0 aliphatic carbocycles. The van der Waals surface area contributed by atoms with Gasteiger partial charge in [0.2, 0.25) is 0 Å². The molecule has 5 nitrogen and oxygen atoms in total. The summed E-state index contributed by atoms with van der Waals surface area (Å²) in [7, 11) is 0. The van der Waals surface area contributed by atoms with Crippen molar-refractivity contribution in [2.24, 2.45) is 0 Å². The van der Waals surface area contributed by atoms with Gasteiger partial charge in [-0.2, -0.15) is 5.26 Å². The number of amides is 1. The van der Waals surface area contributed by atoms with E-state index in [-0.39, 0.29) is 11.9 Å². The van der Waals surface area contributed by atoms with Gasteiger partial charge in [-0.25, -0.2) is 0 Å². The van der Waals surface area contributed by atoms with Gasteiger partial charge in [0.15, 0.2) is 0 Å². The van der Waals surface area contributed by atoms with Crippen LogP contribution in [0, 0.1) is 11.3 Å². The Hall–Kier alpha value is -2.84. The van der Waals surface area contributed by atoms with E-state index in [0.717, 1.165) is 24.1 Å². The van der Waals surface area contributed by atoms with Crippen LogP contribution >= 0.6 is 0 Å². The van der Waals surface area contributed by atoms with E-state index >= 15 is 0 Å². The molecular formula is C20H21N3O2. The Morgan fingerprint density at radius 2 is 1.76 bits per heavy atom. The van der Waals surface area contributed by atoms with Crippen LogP contribution in [0.15, 0.2) is 48.5 Å². The van der Waals surface area contributed by atoms with E-state index in [2.05, 4.69) is 16.7 Å². The van der Waals surface area contributed by atoms with Crippen LogP contribution in [0.1, 0.15) is 34.3 Å². The lowest BCUT2D eigenvalue weighted by molar-refractivity contribution is 0.0696. The normalized spacial score (nSPS) is 14.5. The highest BCUT2D eigenvalue weighted by atomic mass is 16.5. The second-order valence-corrected chi connectivity index (χ2v) is 6.10. The number of nitrogens with zero attached hydrogens (tertiary/aromatic N) is 1. The number of nitrogens with one attached hydrogen (secondary N) is 2. The zero-order valence-electron chi connectivity index (χ0n) is 14.0. The Morgan fingerprint density at radius 1 is 1.08 bits per heavy atom. The van der Waals surface area contributed by atoms with Crippen molar-refractivity contribution < 1.29 is 9.53 Å². The molecule has 1 aliphatic heterocycles. The molecule has 2 aromatic carbocycles. The van der Waals surface area contributed by atoms with Crippen LogP contribution in [0.4, 0.5) is 5.69 Å². The van der Waals surface area contributed by atoms with Crippen LogP contribution in [-0.4, -0.2) is 25.2 Å². The molecule has 25 heavy (non-hydrogen) atoms. The Kier molecular flexibility index (Phi) is 5.65. The second kappa shape index (κ2) is 8.32. The average molecular weight is 335 g/mol. The summed E-state index contributed by atoms with van der Waals surface area (Å²) in [5.74, 6) is -0.0365. The van der Waals surface area contributed by atoms with Gasteiger partial charge in [0.05, 0.1) is 11.6 Å². The van der Waals surface area contributed by atoms with Crippen LogP contribution in [0.3, 0.4) is 0 Å². The lowest BCUT2D eigenvalue weighted by Crippen LogP contribution is -2.38. The first kappa shape index (κ1) is 17.0. The summed E-state index contributed by atoms with van der Waals surface area (Å²) < 4.78 is 5.30. The SMILES string of the molecule is N#Cc1ccc(CNc2ccc(C(=O)NC3CCOCC3)cc2)cc1. The monoisotopic (exact) mass is 335 g/mol. The molecule has 3 rings (SSSR count). The summed E-state index contributed by atoms with van der Waals surface area (Å²) in [5.41, 5.74) is 3.37. The van der Waals surface area contributed by atoms with Crippen LogP contribution in [0.2, 0.25) is 0 Å². The Labute approximate surface area is 147 Å². The fraction of sp³-hybridized carbons (Fsp3) is 0.300. The molecule has 2 N–H and O–H groups in total. The average Bonchev–Trinajstić information content (AvgIpc) is 2.68. The van der Waals surface area contributed by atoms with Crippen molar-refractivity contribution in [3.05, 3.63) is 65.2 Å². The summed E-state index contributed by atoms with van der Waals surface area (Å²) in [5, 5.41) is 15.2. The minimum absolute atomic E-state index is 0.0365. The Balaban J connectivity index is 1.52. The highest BCUT2D eigenvalue weighted by molar-refractivity contribution is 5.94. The van der Waals surface area contributed by atoms with Gasteiger partial charge in [-0.05, 0) is 54.8 Å². The maximum Gasteiger partial charge on any atom is 0.251 e. The van der Waals surface area contributed by atoms with Crippen molar-refractivity contribution in [3.63, 3.8) is 0 Å². The van der Waals surface area contributed by atoms with Crippen LogP contribution in [0.5, 0.6) is 0 Å². The topological polar surface area (TPSA) is 74.2 Å². The molecule has 1 amide bonds. The van der Waals surface area contributed by atoms with Crippen LogP contribution < -0.4 is 10.6 Å². The fourth-order valence-electron chi connectivity index (χ4n) is 2.75. The van der Waals surface area contributed by atoms with Gasteiger partial charge in [-0.15, -0.1) is 0 Å². The molecule has 2 aromatic rings. The molecule has 1 aliphatic rings. The summed E-state index contributed by atoms with van der Waals surface area (Å²) in [6, 6.07) is 17.3. The number of hydrogen-bond acceptors (Lipinski definition) is 4. The summed E-state index contributed by atoms with van der Waals surface area (Å²) in [6.45, 7) is 2.09. The minimum Gasteiger partial charge on any atom is -0.381 e. The van der Waals surface area contributed by atoms with E-state index in [9.17, 15) is 4.79 Å². The first-order valence-electron chi connectivity index (χ1n) is 8.46. The number of nitriles is 1. The van der Waals surface area contributed by atoms with Crippen molar-refractivity contribution in [2.75, 3.05) is 18.5 Å². The number of carbonyl (C=O) groups excluding carboxylic acids is 1. The van der Waals surface area contributed by atoms with Gasteiger partial charge in [-0.1, -0.05) is 12.1 Å². The van der Waals surface area contributed by atoms with E-state index in [1.807, 2.05) is 36.4 Å². The predicted molar refractivity (Wildman–Crippen MR) is 96.2 cm³/mol. The molecule has 1 heterocycles. The van der Waals surface area contributed by atoms with Crippen molar-refractivity contribution >= 4 is 11.6 Å². The maximum atomic E-state index is 12.3. The number of hydrogen-bond donors (Lipinski definition) is 2. The smallest absolute Gasteiger partial charge is 0.251 e. The number of carbonyl (C=O) groups is 1. The standard InChI is InChI=1S/C20H21N3O2/c21-13-15-1-3-16(4-2-15)14-22-18-7-5-17(6-8-18)20(24)23-19-9-11-25-12-10-19/h1-8,19,22H,9-12,14H2,(H,23,24). The molecule has 1 saturated heterocycles. The lowest BCUT2D eigenvalue weighted by atomic mass is 10.1. The Bertz CT molecular complexity index is 742. The molecule has 1 fully saturated rings. The van der Waals surface area contributed by atoms with Crippen LogP contribution in [0.25, 0.3) is 0 Å². The van der Waals surface area contributed by atoms with E-state index in [1.165, 1.54) is 0 Å². The number of rotatable bonds is 5. The molecule has 5 heteroatoms. The third-order valence-electron chi connectivity index (χ3n) is 4.28. The van der Waals surface area contributed by atoms with Gasteiger partial charge < -0.3 is 15.4 Å². The minimum atomic E-state index is -0.0365.